The maximum Gasteiger partial charge on any atom is 0.0716 e. The molecule has 8 rings (SSSR count). The molecule has 0 unspecified atom stereocenters. The molecule has 7 aromatic rings. The molecule has 0 N–H and O–H groups in total. The van der Waals surface area contributed by atoms with Gasteiger partial charge in [0, 0.05) is 10.9 Å². The van der Waals surface area contributed by atoms with Gasteiger partial charge in [-0.05, 0) is 96.6 Å². The van der Waals surface area contributed by atoms with Gasteiger partial charge in [0.05, 0.1) is 11.2 Å². The van der Waals surface area contributed by atoms with Crippen LogP contribution in [0, 0.1) is 0 Å². The highest BCUT2D eigenvalue weighted by atomic mass is 14.7. The summed E-state index contributed by atoms with van der Waals surface area (Å²) in [7, 11) is 0. The first-order valence-corrected chi connectivity index (χ1v) is 14.7. The van der Waals surface area contributed by atoms with Gasteiger partial charge in [-0.3, -0.25) is 0 Å². The van der Waals surface area contributed by atoms with Crippen LogP contribution in [0.15, 0.2) is 133 Å². The smallest absolute Gasteiger partial charge is 0.0716 e. The summed E-state index contributed by atoms with van der Waals surface area (Å²) in [6.07, 6.45) is 0. The molecule has 0 amide bonds. The lowest BCUT2D eigenvalue weighted by Crippen LogP contribution is -2.12. The van der Waals surface area contributed by atoms with Crippen LogP contribution in [0.1, 0.15) is 26.3 Å². The summed E-state index contributed by atoms with van der Waals surface area (Å²) in [5, 5.41) is 3.74. The topological polar surface area (TPSA) is 12.9 Å². The van der Waals surface area contributed by atoms with Crippen molar-refractivity contribution in [2.75, 3.05) is 0 Å². The third-order valence-corrected chi connectivity index (χ3v) is 8.76. The van der Waals surface area contributed by atoms with Gasteiger partial charge in [-0.15, -0.1) is 0 Å². The van der Waals surface area contributed by atoms with Crippen molar-refractivity contribution in [3.05, 3.63) is 139 Å². The van der Waals surface area contributed by atoms with E-state index in [2.05, 4.69) is 154 Å². The number of rotatable bonds is 1. The molecule has 0 saturated heterocycles. The van der Waals surface area contributed by atoms with Crippen LogP contribution in [0.3, 0.4) is 0 Å². The Balaban J connectivity index is 1.41. The Morgan fingerprint density at radius 2 is 1.00 bits per heavy atom. The third kappa shape index (κ3) is 3.81. The molecule has 1 heterocycles. The first-order valence-electron chi connectivity index (χ1n) is 14.7. The van der Waals surface area contributed by atoms with E-state index in [-0.39, 0.29) is 5.41 Å². The van der Waals surface area contributed by atoms with E-state index in [1.807, 2.05) is 0 Å². The van der Waals surface area contributed by atoms with Gasteiger partial charge in [0.2, 0.25) is 0 Å². The van der Waals surface area contributed by atoms with Crippen LogP contribution < -0.4 is 0 Å². The van der Waals surface area contributed by atoms with Crippen molar-refractivity contribution in [3.63, 3.8) is 0 Å². The van der Waals surface area contributed by atoms with E-state index in [4.69, 9.17) is 4.98 Å². The van der Waals surface area contributed by atoms with Gasteiger partial charge < -0.3 is 0 Å². The molecule has 42 heavy (non-hydrogen) atoms. The molecular weight excluding hydrogens is 506 g/mol. The first kappa shape index (κ1) is 24.8. The van der Waals surface area contributed by atoms with Crippen LogP contribution in [0.5, 0.6) is 0 Å². The minimum absolute atomic E-state index is 0.0235. The Bertz CT molecular complexity index is 2170. The predicted molar refractivity (Wildman–Crippen MR) is 179 cm³/mol. The number of hydrogen-bond donors (Lipinski definition) is 0. The molecule has 0 radical (unpaired) electrons. The Labute approximate surface area is 247 Å². The van der Waals surface area contributed by atoms with Crippen LogP contribution in [-0.4, -0.2) is 4.98 Å². The van der Waals surface area contributed by atoms with E-state index in [0.29, 0.717) is 0 Å². The van der Waals surface area contributed by atoms with E-state index in [0.717, 1.165) is 16.8 Å². The molecule has 1 aliphatic rings. The van der Waals surface area contributed by atoms with Crippen molar-refractivity contribution >= 4 is 21.7 Å². The molecule has 1 aliphatic carbocycles. The molecule has 6 aromatic carbocycles. The summed E-state index contributed by atoms with van der Waals surface area (Å²) in [5.41, 5.74) is 14.6. The summed E-state index contributed by atoms with van der Waals surface area (Å²) in [6, 6.07) is 48.7. The van der Waals surface area contributed by atoms with E-state index < -0.39 is 0 Å². The predicted octanol–water partition coefficient (Wildman–Crippen LogP) is 11.3. The molecule has 0 aliphatic heterocycles. The molecule has 1 aromatic heterocycles. The molecule has 0 bridgehead atoms. The molecule has 0 atom stereocenters. The first-order chi connectivity index (χ1) is 20.5. The second kappa shape index (κ2) is 9.26. The zero-order valence-corrected chi connectivity index (χ0v) is 24.1. The fourth-order valence-corrected chi connectivity index (χ4v) is 6.80. The van der Waals surface area contributed by atoms with Crippen molar-refractivity contribution in [1.82, 2.24) is 4.98 Å². The zero-order valence-electron chi connectivity index (χ0n) is 24.1. The molecular formula is C41H31N. The van der Waals surface area contributed by atoms with Crippen molar-refractivity contribution in [3.8, 4) is 55.8 Å². The summed E-state index contributed by atoms with van der Waals surface area (Å²) in [5.74, 6) is 0. The second-order valence-electron chi connectivity index (χ2n) is 12.4. The number of nitrogens with zero attached hydrogens (tertiary/aromatic N) is 1. The number of fused-ring (bicyclic) bond motifs is 11. The van der Waals surface area contributed by atoms with Gasteiger partial charge in [-0.2, -0.15) is 0 Å². The number of hydrogen-bond acceptors (Lipinski definition) is 1. The maximum atomic E-state index is 5.31. The summed E-state index contributed by atoms with van der Waals surface area (Å²) in [4.78, 5) is 5.31. The lowest BCUT2D eigenvalue weighted by atomic mass is 9.79. The fourth-order valence-electron chi connectivity index (χ4n) is 6.80. The second-order valence-corrected chi connectivity index (χ2v) is 12.4. The van der Waals surface area contributed by atoms with Crippen LogP contribution >= 0.6 is 0 Å². The number of pyridine rings is 1. The Morgan fingerprint density at radius 3 is 1.64 bits per heavy atom. The Morgan fingerprint density at radius 1 is 0.452 bits per heavy atom. The van der Waals surface area contributed by atoms with Crippen molar-refractivity contribution < 1.29 is 0 Å². The molecule has 0 fully saturated rings. The Hall–Kier alpha value is -5.01. The standard InChI is InChI=1S/C41H31N/c1-41(2,3)37-25-27(24-26-12-4-5-13-28(26)37)38-22-21-36-39(42-38)23-20-35-33-18-9-8-16-31(33)29-14-6-7-15-30(29)32-17-10-11-19-34(32)40(35)36/h4-25H,1-3H3. The van der Waals surface area contributed by atoms with Crippen LogP contribution in [-0.2, 0) is 5.41 Å². The summed E-state index contributed by atoms with van der Waals surface area (Å²) >= 11 is 0. The number of benzene rings is 6. The number of aromatic nitrogens is 1. The normalized spacial score (nSPS) is 12.2. The molecule has 200 valence electrons. The molecule has 0 spiro atoms. The van der Waals surface area contributed by atoms with Crippen molar-refractivity contribution in [1.29, 1.82) is 0 Å². The monoisotopic (exact) mass is 537 g/mol. The van der Waals surface area contributed by atoms with Gasteiger partial charge in [-0.25, -0.2) is 4.98 Å². The minimum Gasteiger partial charge on any atom is -0.248 e. The van der Waals surface area contributed by atoms with Gasteiger partial charge in [0.1, 0.15) is 0 Å². The largest absolute Gasteiger partial charge is 0.248 e. The molecule has 1 heteroatoms. The third-order valence-electron chi connectivity index (χ3n) is 8.76. The fraction of sp³-hybridized carbons (Fsp3) is 0.0976. The lowest BCUT2D eigenvalue weighted by molar-refractivity contribution is 0.596. The van der Waals surface area contributed by atoms with E-state index in [1.165, 1.54) is 66.2 Å². The highest BCUT2D eigenvalue weighted by Gasteiger charge is 2.24. The van der Waals surface area contributed by atoms with Crippen molar-refractivity contribution in [2.45, 2.75) is 26.2 Å². The SMILES string of the molecule is CC(C)(C)c1cc(-c2ccc3c4c(ccc3n2)-c2ccccc2-c2ccccc2-c2ccccc2-4)cc2ccccc12. The van der Waals surface area contributed by atoms with Gasteiger partial charge in [0.25, 0.3) is 0 Å². The average molecular weight is 538 g/mol. The van der Waals surface area contributed by atoms with Crippen LogP contribution in [0.4, 0.5) is 0 Å². The Kier molecular flexibility index (Phi) is 5.46. The average Bonchev–Trinajstić information content (AvgIpc) is 3.02. The quantitative estimate of drug-likeness (QED) is 0.203. The molecule has 1 nitrogen and oxygen atoms in total. The highest BCUT2D eigenvalue weighted by Crippen LogP contribution is 2.49. The lowest BCUT2D eigenvalue weighted by Gasteiger charge is -2.24. The van der Waals surface area contributed by atoms with Crippen LogP contribution in [0.2, 0.25) is 0 Å². The van der Waals surface area contributed by atoms with Gasteiger partial charge in [-0.1, -0.05) is 124 Å². The van der Waals surface area contributed by atoms with E-state index in [1.54, 1.807) is 0 Å². The highest BCUT2D eigenvalue weighted by molar-refractivity contribution is 6.11. The van der Waals surface area contributed by atoms with Gasteiger partial charge >= 0.3 is 0 Å². The van der Waals surface area contributed by atoms with E-state index in [9.17, 15) is 0 Å². The maximum absolute atomic E-state index is 5.31. The molecule has 0 saturated carbocycles. The zero-order chi connectivity index (χ0) is 28.4. The van der Waals surface area contributed by atoms with Crippen molar-refractivity contribution in [2.24, 2.45) is 0 Å². The summed E-state index contributed by atoms with van der Waals surface area (Å²) < 4.78 is 0. The summed E-state index contributed by atoms with van der Waals surface area (Å²) in [6.45, 7) is 6.87. The minimum atomic E-state index is 0.0235. The van der Waals surface area contributed by atoms with Crippen LogP contribution in [0.25, 0.3) is 77.4 Å². The van der Waals surface area contributed by atoms with Gasteiger partial charge in [0.15, 0.2) is 0 Å². The van der Waals surface area contributed by atoms with E-state index >= 15 is 0 Å².